The number of benzene rings is 1. The number of carbonyl (C=O) groups is 2. The van der Waals surface area contributed by atoms with Crippen LogP contribution < -0.4 is 10.2 Å². The first-order valence-corrected chi connectivity index (χ1v) is 8.45. The Hall–Kier alpha value is -2.12. The van der Waals surface area contributed by atoms with Crippen LogP contribution in [0.2, 0.25) is 5.02 Å². The van der Waals surface area contributed by atoms with Crippen molar-refractivity contribution in [2.24, 2.45) is 0 Å². The lowest BCUT2D eigenvalue weighted by Gasteiger charge is -2.15. The Labute approximate surface area is 148 Å². The summed E-state index contributed by atoms with van der Waals surface area (Å²) in [6.07, 6.45) is -0.995. The summed E-state index contributed by atoms with van der Waals surface area (Å²) in [7, 11) is 0. The van der Waals surface area contributed by atoms with Crippen molar-refractivity contribution >= 4 is 40.5 Å². The van der Waals surface area contributed by atoms with E-state index in [0.717, 1.165) is 16.9 Å². The largest absolute Gasteiger partial charge is 0.451 e. The third kappa shape index (κ3) is 4.46. The highest BCUT2D eigenvalue weighted by Gasteiger charge is 2.19. The molecule has 0 aliphatic carbocycles. The van der Waals surface area contributed by atoms with E-state index in [1.54, 1.807) is 30.5 Å². The number of carbonyl (C=O) groups excluding carboxylic acids is 2. The van der Waals surface area contributed by atoms with E-state index >= 15 is 0 Å². The van der Waals surface area contributed by atoms with Crippen molar-refractivity contribution < 1.29 is 14.3 Å². The number of amides is 1. The highest BCUT2D eigenvalue weighted by atomic mass is 35.5. The van der Waals surface area contributed by atoms with Crippen molar-refractivity contribution in [3.8, 4) is 0 Å². The zero-order chi connectivity index (χ0) is 17.9. The summed E-state index contributed by atoms with van der Waals surface area (Å²) in [6.45, 7) is 4.80. The minimum atomic E-state index is -0.995. The van der Waals surface area contributed by atoms with Crippen molar-refractivity contribution in [3.05, 3.63) is 49.5 Å². The molecule has 0 saturated heterocycles. The van der Waals surface area contributed by atoms with Gasteiger partial charge in [0.1, 0.15) is 6.54 Å². The lowest BCUT2D eigenvalue weighted by atomic mass is 10.2. The van der Waals surface area contributed by atoms with Gasteiger partial charge in [-0.2, -0.15) is 0 Å². The number of ether oxygens (including phenoxy) is 1. The predicted octanol–water partition coefficient (Wildman–Crippen LogP) is 2.75. The van der Waals surface area contributed by atoms with Crippen LogP contribution in [0, 0.1) is 13.8 Å². The molecule has 24 heavy (non-hydrogen) atoms. The number of rotatable bonds is 5. The first-order chi connectivity index (χ1) is 11.3. The average molecular weight is 369 g/mol. The van der Waals surface area contributed by atoms with E-state index in [-0.39, 0.29) is 11.4 Å². The van der Waals surface area contributed by atoms with Gasteiger partial charge in [-0.15, -0.1) is 0 Å². The molecule has 128 valence electrons. The molecule has 0 aliphatic rings. The number of anilines is 1. The molecule has 2 rings (SSSR count). The summed E-state index contributed by atoms with van der Waals surface area (Å²) >= 11 is 6.92. The van der Waals surface area contributed by atoms with Gasteiger partial charge in [0, 0.05) is 21.8 Å². The maximum atomic E-state index is 12.1. The molecular weight excluding hydrogens is 352 g/mol. The predicted molar refractivity (Wildman–Crippen MR) is 93.7 cm³/mol. The molecule has 1 N–H and O–H groups in total. The van der Waals surface area contributed by atoms with E-state index < -0.39 is 18.0 Å². The Morgan fingerprint density at radius 1 is 1.38 bits per heavy atom. The normalized spacial score (nSPS) is 11.8. The molecule has 6 nitrogen and oxygen atoms in total. The van der Waals surface area contributed by atoms with Crippen LogP contribution in [-0.2, 0) is 20.9 Å². The third-order valence-electron chi connectivity index (χ3n) is 3.40. The maximum absolute atomic E-state index is 12.1. The molecule has 0 spiro atoms. The van der Waals surface area contributed by atoms with Crippen molar-refractivity contribution in [1.82, 2.24) is 4.57 Å². The minimum Gasteiger partial charge on any atom is -0.451 e. The molecule has 1 heterocycles. The number of nitrogens with one attached hydrogen (secondary N) is 1. The summed E-state index contributed by atoms with van der Waals surface area (Å²) in [4.78, 5) is 35.4. The van der Waals surface area contributed by atoms with Gasteiger partial charge in [0.15, 0.2) is 6.10 Å². The smallest absolute Gasteiger partial charge is 0.326 e. The van der Waals surface area contributed by atoms with Crippen LogP contribution in [0.1, 0.15) is 18.2 Å². The van der Waals surface area contributed by atoms with Crippen LogP contribution in [0.25, 0.3) is 0 Å². The Morgan fingerprint density at radius 3 is 2.71 bits per heavy atom. The lowest BCUT2D eigenvalue weighted by Crippen LogP contribution is -2.32. The molecule has 1 amide bonds. The summed E-state index contributed by atoms with van der Waals surface area (Å²) in [5, 5.41) is 4.82. The average Bonchev–Trinajstić information content (AvgIpc) is 2.82. The highest BCUT2D eigenvalue weighted by Crippen LogP contribution is 2.20. The fourth-order valence-electron chi connectivity index (χ4n) is 1.98. The van der Waals surface area contributed by atoms with E-state index in [0.29, 0.717) is 16.4 Å². The molecule has 0 radical (unpaired) electrons. The van der Waals surface area contributed by atoms with Crippen LogP contribution >= 0.6 is 22.9 Å². The summed E-state index contributed by atoms with van der Waals surface area (Å²) in [6, 6.07) is 5.12. The van der Waals surface area contributed by atoms with Crippen molar-refractivity contribution in [1.29, 1.82) is 0 Å². The molecule has 1 aromatic heterocycles. The van der Waals surface area contributed by atoms with Gasteiger partial charge in [-0.05, 0) is 38.5 Å². The number of esters is 1. The van der Waals surface area contributed by atoms with Gasteiger partial charge in [0.25, 0.3) is 5.91 Å². The zero-order valence-corrected chi connectivity index (χ0v) is 15.0. The number of aromatic nitrogens is 1. The lowest BCUT2D eigenvalue weighted by molar-refractivity contribution is -0.153. The van der Waals surface area contributed by atoms with Crippen molar-refractivity contribution in [3.63, 3.8) is 0 Å². The standard InChI is InChI=1S/C16H17ClN2O4S/c1-9-4-5-12(17)6-13(9)18-15(21)11(3)23-14(20)7-19-10(2)8-24-16(19)22/h4-6,8,11H,7H2,1-3H3,(H,18,21)/t11-/m0/s1. The second kappa shape index (κ2) is 7.63. The molecular formula is C16H17ClN2O4S. The summed E-state index contributed by atoms with van der Waals surface area (Å²) < 4.78 is 6.40. The van der Waals surface area contributed by atoms with Gasteiger partial charge in [-0.1, -0.05) is 29.0 Å². The van der Waals surface area contributed by atoms with Gasteiger partial charge in [-0.3, -0.25) is 19.0 Å². The Bertz CT molecular complexity index is 828. The van der Waals surface area contributed by atoms with Gasteiger partial charge < -0.3 is 10.1 Å². The van der Waals surface area contributed by atoms with Crippen LogP contribution in [0.15, 0.2) is 28.4 Å². The minimum absolute atomic E-state index is 0.220. The molecule has 2 aromatic rings. The highest BCUT2D eigenvalue weighted by molar-refractivity contribution is 7.07. The van der Waals surface area contributed by atoms with Crippen molar-refractivity contribution in [2.75, 3.05) is 5.32 Å². The summed E-state index contributed by atoms with van der Waals surface area (Å²) in [5.74, 6) is -1.12. The van der Waals surface area contributed by atoms with E-state index in [1.165, 1.54) is 11.5 Å². The second-order valence-electron chi connectivity index (χ2n) is 5.31. The number of hydrogen-bond acceptors (Lipinski definition) is 5. The number of aryl methyl sites for hydroxylation is 2. The van der Waals surface area contributed by atoms with Gasteiger partial charge in [0.2, 0.25) is 0 Å². The van der Waals surface area contributed by atoms with Gasteiger partial charge >= 0.3 is 10.8 Å². The van der Waals surface area contributed by atoms with Gasteiger partial charge in [-0.25, -0.2) is 0 Å². The number of thiazole rings is 1. The molecule has 0 bridgehead atoms. The zero-order valence-electron chi connectivity index (χ0n) is 13.5. The maximum Gasteiger partial charge on any atom is 0.326 e. The molecule has 0 saturated carbocycles. The first kappa shape index (κ1) is 18.2. The van der Waals surface area contributed by atoms with Gasteiger partial charge in [0.05, 0.1) is 0 Å². The number of hydrogen-bond donors (Lipinski definition) is 1. The molecule has 1 aromatic carbocycles. The quantitative estimate of drug-likeness (QED) is 0.823. The van der Waals surface area contributed by atoms with Crippen LogP contribution in [0.5, 0.6) is 0 Å². The van der Waals surface area contributed by atoms with Crippen LogP contribution in [0.4, 0.5) is 5.69 Å². The van der Waals surface area contributed by atoms with E-state index in [2.05, 4.69) is 5.32 Å². The Morgan fingerprint density at radius 2 is 2.08 bits per heavy atom. The van der Waals surface area contributed by atoms with Crippen LogP contribution in [0.3, 0.4) is 0 Å². The number of nitrogens with zero attached hydrogens (tertiary/aromatic N) is 1. The molecule has 0 aliphatic heterocycles. The van der Waals surface area contributed by atoms with E-state index in [9.17, 15) is 14.4 Å². The topological polar surface area (TPSA) is 77.4 Å². The summed E-state index contributed by atoms with van der Waals surface area (Å²) in [5.41, 5.74) is 2.07. The number of halogens is 1. The van der Waals surface area contributed by atoms with E-state index in [4.69, 9.17) is 16.3 Å². The molecule has 0 fully saturated rings. The fraction of sp³-hybridized carbons (Fsp3) is 0.312. The monoisotopic (exact) mass is 368 g/mol. The van der Waals surface area contributed by atoms with E-state index in [1.807, 2.05) is 6.92 Å². The molecule has 8 heteroatoms. The SMILES string of the molecule is Cc1ccc(Cl)cc1NC(=O)[C@H](C)OC(=O)Cn1c(C)csc1=O. The molecule has 1 atom stereocenters. The first-order valence-electron chi connectivity index (χ1n) is 7.19. The fourth-order valence-corrected chi connectivity index (χ4v) is 2.88. The Kier molecular flexibility index (Phi) is 5.80. The van der Waals surface area contributed by atoms with Crippen molar-refractivity contribution in [2.45, 2.75) is 33.4 Å². The second-order valence-corrected chi connectivity index (χ2v) is 6.57. The third-order valence-corrected chi connectivity index (χ3v) is 4.51. The molecule has 0 unspecified atom stereocenters. The van der Waals surface area contributed by atoms with Crippen LogP contribution in [-0.4, -0.2) is 22.5 Å². The Balaban J connectivity index is 1.97.